The van der Waals surface area contributed by atoms with Crippen LogP contribution in [-0.4, -0.2) is 59.2 Å². The summed E-state index contributed by atoms with van der Waals surface area (Å²) >= 11 is 0. The van der Waals surface area contributed by atoms with Crippen molar-refractivity contribution < 1.29 is 9.59 Å². The molecule has 0 radical (unpaired) electrons. The van der Waals surface area contributed by atoms with Crippen molar-refractivity contribution in [3.63, 3.8) is 0 Å². The van der Waals surface area contributed by atoms with Crippen molar-refractivity contribution in [2.24, 2.45) is 11.8 Å². The zero-order chi connectivity index (χ0) is 16.2. The van der Waals surface area contributed by atoms with E-state index in [1.165, 1.54) is 25.9 Å². The Morgan fingerprint density at radius 3 is 2.70 bits per heavy atom. The molecule has 2 aliphatic heterocycles. The monoisotopic (exact) mass is 317 g/mol. The van der Waals surface area contributed by atoms with E-state index in [-0.39, 0.29) is 5.91 Å². The fourth-order valence-corrected chi connectivity index (χ4v) is 3.74. The Kier molecular flexibility index (Phi) is 5.16. The summed E-state index contributed by atoms with van der Waals surface area (Å²) < 4.78 is 0. The quantitative estimate of drug-likeness (QED) is 0.684. The molecule has 5 heteroatoms. The van der Waals surface area contributed by atoms with Gasteiger partial charge < -0.3 is 14.8 Å². The third-order valence-corrected chi connectivity index (χ3v) is 5.24. The summed E-state index contributed by atoms with van der Waals surface area (Å²) in [5.74, 6) is 0.568. The van der Waals surface area contributed by atoms with E-state index < -0.39 is 5.78 Å². The van der Waals surface area contributed by atoms with Crippen LogP contribution in [0.2, 0.25) is 0 Å². The molecule has 1 aromatic rings. The van der Waals surface area contributed by atoms with Crippen molar-refractivity contribution in [3.8, 4) is 0 Å². The van der Waals surface area contributed by atoms with E-state index in [1.807, 2.05) is 0 Å². The molecule has 0 aromatic carbocycles. The molecule has 126 valence electrons. The Bertz CT molecular complexity index is 532. The molecule has 0 aliphatic carbocycles. The van der Waals surface area contributed by atoms with Crippen LogP contribution in [-0.2, 0) is 4.79 Å². The normalized spacial score (nSPS) is 23.9. The van der Waals surface area contributed by atoms with Gasteiger partial charge in [-0.15, -0.1) is 0 Å². The Balaban J connectivity index is 1.53. The number of nitrogens with zero attached hydrogens (tertiary/aromatic N) is 2. The number of aromatic nitrogens is 1. The maximum Gasteiger partial charge on any atom is 0.296 e. The van der Waals surface area contributed by atoms with Crippen LogP contribution in [0.15, 0.2) is 18.3 Å². The number of nitrogens with one attached hydrogen (secondary N) is 1. The molecule has 0 spiro atoms. The minimum absolute atomic E-state index is 0.357. The van der Waals surface area contributed by atoms with Gasteiger partial charge in [0.1, 0.15) is 0 Å². The third-order valence-electron chi connectivity index (χ3n) is 5.24. The highest BCUT2D eigenvalue weighted by Crippen LogP contribution is 2.22. The first-order chi connectivity index (χ1) is 11.1. The summed E-state index contributed by atoms with van der Waals surface area (Å²) in [6.07, 6.45) is 6.39. The molecule has 1 atom stereocenters. The Morgan fingerprint density at radius 1 is 1.22 bits per heavy atom. The zero-order valence-electron chi connectivity index (χ0n) is 14.0. The number of likely N-dealkylation sites (tertiary alicyclic amines) is 2. The average molecular weight is 317 g/mol. The Labute approximate surface area is 138 Å². The number of piperidine rings is 2. The van der Waals surface area contributed by atoms with Crippen LogP contribution in [0.1, 0.15) is 43.1 Å². The molecule has 2 aliphatic rings. The van der Waals surface area contributed by atoms with E-state index in [0.717, 1.165) is 31.8 Å². The molecule has 2 saturated heterocycles. The molecule has 2 fully saturated rings. The molecule has 3 rings (SSSR count). The summed E-state index contributed by atoms with van der Waals surface area (Å²) in [6, 6.07) is 3.41. The van der Waals surface area contributed by atoms with Gasteiger partial charge in [-0.05, 0) is 62.7 Å². The van der Waals surface area contributed by atoms with E-state index in [1.54, 1.807) is 23.2 Å². The molecule has 5 nitrogen and oxygen atoms in total. The number of hydrogen-bond acceptors (Lipinski definition) is 3. The van der Waals surface area contributed by atoms with E-state index >= 15 is 0 Å². The molecule has 1 aromatic heterocycles. The SMILES string of the molecule is CC1CCN(CC2CCCN(C(=O)C(=O)c3ccc[nH]3)C2)CC1. The van der Waals surface area contributed by atoms with Crippen molar-refractivity contribution in [3.05, 3.63) is 24.0 Å². The fourth-order valence-electron chi connectivity index (χ4n) is 3.74. The lowest BCUT2D eigenvalue weighted by Crippen LogP contribution is -2.47. The van der Waals surface area contributed by atoms with Crippen molar-refractivity contribution in [2.75, 3.05) is 32.7 Å². The van der Waals surface area contributed by atoms with Crippen LogP contribution in [0.4, 0.5) is 0 Å². The fraction of sp³-hybridized carbons (Fsp3) is 0.667. The smallest absolute Gasteiger partial charge is 0.296 e. The number of amides is 1. The van der Waals surface area contributed by atoms with Crippen molar-refractivity contribution >= 4 is 11.7 Å². The summed E-state index contributed by atoms with van der Waals surface area (Å²) in [5.41, 5.74) is 0.391. The van der Waals surface area contributed by atoms with Crippen molar-refractivity contribution in [1.82, 2.24) is 14.8 Å². The summed E-state index contributed by atoms with van der Waals surface area (Å²) in [4.78, 5) is 31.7. The maximum absolute atomic E-state index is 12.4. The minimum Gasteiger partial charge on any atom is -0.358 e. The molecular formula is C18H27N3O2. The minimum atomic E-state index is -0.414. The number of carbonyl (C=O) groups is 2. The molecule has 1 amide bonds. The van der Waals surface area contributed by atoms with Crippen molar-refractivity contribution in [1.29, 1.82) is 0 Å². The van der Waals surface area contributed by atoms with Gasteiger partial charge in [0, 0.05) is 25.8 Å². The lowest BCUT2D eigenvalue weighted by atomic mass is 9.94. The first-order valence-corrected chi connectivity index (χ1v) is 8.83. The van der Waals surface area contributed by atoms with Crippen molar-refractivity contribution in [2.45, 2.75) is 32.6 Å². The number of Topliss-reactive ketones (excluding diaryl/α,β-unsaturated/α-hetero) is 1. The van der Waals surface area contributed by atoms with Gasteiger partial charge in [-0.3, -0.25) is 9.59 Å². The molecule has 1 unspecified atom stereocenters. The highest BCUT2D eigenvalue weighted by molar-refractivity contribution is 6.42. The predicted octanol–water partition coefficient (Wildman–Crippen LogP) is 2.17. The summed E-state index contributed by atoms with van der Waals surface area (Å²) in [6.45, 7) is 7.16. The van der Waals surface area contributed by atoms with E-state index in [4.69, 9.17) is 0 Å². The van der Waals surface area contributed by atoms with Gasteiger partial charge in [-0.2, -0.15) is 0 Å². The largest absolute Gasteiger partial charge is 0.358 e. The second kappa shape index (κ2) is 7.30. The molecular weight excluding hydrogens is 290 g/mol. The number of hydrogen-bond donors (Lipinski definition) is 1. The molecule has 0 saturated carbocycles. The van der Waals surface area contributed by atoms with Gasteiger partial charge in [0.05, 0.1) is 5.69 Å². The van der Waals surface area contributed by atoms with E-state index in [2.05, 4.69) is 16.8 Å². The standard InChI is InChI=1S/C18H27N3O2/c1-14-6-10-20(11-7-14)12-15-4-3-9-21(13-15)18(23)17(22)16-5-2-8-19-16/h2,5,8,14-15,19H,3-4,6-7,9-13H2,1H3. The van der Waals surface area contributed by atoms with Gasteiger partial charge in [-0.1, -0.05) is 6.92 Å². The summed E-state index contributed by atoms with van der Waals surface area (Å²) in [7, 11) is 0. The number of H-pyrrole nitrogens is 1. The highest BCUT2D eigenvalue weighted by Gasteiger charge is 2.30. The number of ketones is 1. The van der Waals surface area contributed by atoms with Gasteiger partial charge in [0.15, 0.2) is 0 Å². The van der Waals surface area contributed by atoms with Crippen LogP contribution >= 0.6 is 0 Å². The summed E-state index contributed by atoms with van der Waals surface area (Å²) in [5, 5.41) is 0. The third kappa shape index (κ3) is 4.02. The zero-order valence-corrected chi connectivity index (χ0v) is 14.0. The van der Waals surface area contributed by atoms with Gasteiger partial charge in [-0.25, -0.2) is 0 Å². The van der Waals surface area contributed by atoms with E-state index in [9.17, 15) is 9.59 Å². The van der Waals surface area contributed by atoms with E-state index in [0.29, 0.717) is 18.2 Å². The first-order valence-electron chi connectivity index (χ1n) is 8.83. The lowest BCUT2D eigenvalue weighted by Gasteiger charge is -2.37. The van der Waals surface area contributed by atoms with Crippen LogP contribution in [0.3, 0.4) is 0 Å². The first kappa shape index (κ1) is 16.2. The molecule has 1 N–H and O–H groups in total. The number of carbonyl (C=O) groups excluding carboxylic acids is 2. The van der Waals surface area contributed by atoms with Crippen LogP contribution in [0.25, 0.3) is 0 Å². The molecule has 23 heavy (non-hydrogen) atoms. The number of rotatable bonds is 4. The van der Waals surface area contributed by atoms with Gasteiger partial charge in [0.25, 0.3) is 11.7 Å². The maximum atomic E-state index is 12.4. The lowest BCUT2D eigenvalue weighted by molar-refractivity contribution is -0.128. The Morgan fingerprint density at radius 2 is 2.00 bits per heavy atom. The molecule has 3 heterocycles. The van der Waals surface area contributed by atoms with Crippen LogP contribution in [0.5, 0.6) is 0 Å². The van der Waals surface area contributed by atoms with Crippen LogP contribution in [0, 0.1) is 11.8 Å². The predicted molar refractivity (Wildman–Crippen MR) is 89.3 cm³/mol. The topological polar surface area (TPSA) is 56.4 Å². The van der Waals surface area contributed by atoms with Gasteiger partial charge in [0.2, 0.25) is 0 Å². The average Bonchev–Trinajstić information content (AvgIpc) is 3.10. The van der Waals surface area contributed by atoms with Crippen LogP contribution < -0.4 is 0 Å². The second-order valence-electron chi connectivity index (χ2n) is 7.16. The second-order valence-corrected chi connectivity index (χ2v) is 7.16. The molecule has 0 bridgehead atoms. The van der Waals surface area contributed by atoms with Gasteiger partial charge >= 0.3 is 0 Å². The Hall–Kier alpha value is -1.62. The highest BCUT2D eigenvalue weighted by atomic mass is 16.2. The number of aromatic amines is 1.